The lowest BCUT2D eigenvalue weighted by atomic mass is 10.2. The fraction of sp³-hybridized carbons (Fsp3) is 0. The molecular weight excluding hydrogens is 348 g/mol. The molecule has 126 valence electrons. The van der Waals surface area contributed by atoms with Crippen molar-refractivity contribution in [1.29, 1.82) is 0 Å². The quantitative estimate of drug-likeness (QED) is 0.370. The van der Waals surface area contributed by atoms with Gasteiger partial charge in [-0.05, 0) is 36.4 Å². The number of hydrogen-bond donors (Lipinski definition) is 3. The maximum atomic E-state index is 12.2. The molecule has 0 saturated heterocycles. The molecule has 0 fully saturated rings. The zero-order chi connectivity index (χ0) is 17.8. The Morgan fingerprint density at radius 3 is 2.64 bits per heavy atom. The number of nitrogens with one attached hydrogen (secondary N) is 1. The zero-order valence-corrected chi connectivity index (χ0v) is 13.2. The van der Waals surface area contributed by atoms with E-state index in [9.17, 15) is 18.3 Å². The molecule has 2 aromatic carbocycles. The number of aromatic nitrogens is 2. The fourth-order valence-electron chi connectivity index (χ4n) is 2.54. The lowest BCUT2D eigenvalue weighted by molar-refractivity contribution is 0.473. The Hall–Kier alpha value is -3.17. The van der Waals surface area contributed by atoms with Crippen LogP contribution in [0.5, 0.6) is 5.75 Å². The number of H-pyrrole nitrogens is 1. The number of nitrogens with zero attached hydrogens (tertiary/aromatic N) is 1. The molecule has 4 rings (SSSR count). The van der Waals surface area contributed by atoms with E-state index >= 15 is 0 Å². The van der Waals surface area contributed by atoms with Gasteiger partial charge in [0, 0.05) is 11.5 Å². The third-order valence-corrected chi connectivity index (χ3v) is 4.58. The molecule has 0 spiro atoms. The predicted octanol–water partition coefficient (Wildman–Crippen LogP) is 2.29. The smallest absolute Gasteiger partial charge is 0.347 e. The Labute approximate surface area is 140 Å². The van der Waals surface area contributed by atoms with Crippen molar-refractivity contribution in [3.05, 3.63) is 52.9 Å². The summed E-state index contributed by atoms with van der Waals surface area (Å²) >= 11 is 0. The number of aromatic hydroxyl groups is 1. The molecule has 25 heavy (non-hydrogen) atoms. The van der Waals surface area contributed by atoms with Gasteiger partial charge in [-0.2, -0.15) is 8.42 Å². The molecule has 8 nitrogen and oxygen atoms in total. The maximum Gasteiger partial charge on any atom is 0.347 e. The third kappa shape index (κ3) is 2.65. The Balaban J connectivity index is 1.92. The number of fused-ring (bicyclic) bond motifs is 2. The summed E-state index contributed by atoms with van der Waals surface area (Å²) in [5.74, 6) is 0.177. The van der Waals surface area contributed by atoms with Gasteiger partial charge in [0.05, 0.1) is 15.9 Å². The van der Waals surface area contributed by atoms with Gasteiger partial charge >= 0.3 is 5.63 Å². The van der Waals surface area contributed by atoms with Gasteiger partial charge in [0.25, 0.3) is 10.1 Å². The van der Waals surface area contributed by atoms with Gasteiger partial charge in [-0.1, -0.05) is 0 Å². The van der Waals surface area contributed by atoms with Crippen LogP contribution in [0.1, 0.15) is 0 Å². The maximum absolute atomic E-state index is 12.2. The van der Waals surface area contributed by atoms with Gasteiger partial charge in [-0.15, -0.1) is 0 Å². The van der Waals surface area contributed by atoms with Crippen LogP contribution >= 0.6 is 0 Å². The van der Waals surface area contributed by atoms with E-state index in [1.165, 1.54) is 30.3 Å². The van der Waals surface area contributed by atoms with Gasteiger partial charge < -0.3 is 14.5 Å². The van der Waals surface area contributed by atoms with Crippen LogP contribution in [0.25, 0.3) is 33.4 Å². The number of benzene rings is 2. The van der Waals surface area contributed by atoms with Crippen molar-refractivity contribution < 1.29 is 22.5 Å². The van der Waals surface area contributed by atoms with Gasteiger partial charge in [0.2, 0.25) is 0 Å². The van der Waals surface area contributed by atoms with Crippen LogP contribution in [0.4, 0.5) is 0 Å². The van der Waals surface area contributed by atoms with E-state index in [1.54, 1.807) is 12.1 Å². The van der Waals surface area contributed by atoms with Crippen LogP contribution < -0.4 is 5.63 Å². The van der Waals surface area contributed by atoms with Crippen molar-refractivity contribution in [2.24, 2.45) is 0 Å². The lowest BCUT2D eigenvalue weighted by Crippen LogP contribution is -2.03. The Kier molecular flexibility index (Phi) is 3.17. The van der Waals surface area contributed by atoms with Crippen LogP contribution in [-0.4, -0.2) is 28.0 Å². The Bertz CT molecular complexity index is 1300. The number of phenolic OH excluding ortho intramolecular Hbond substituents is 1. The van der Waals surface area contributed by atoms with Gasteiger partial charge in [-0.3, -0.25) is 4.55 Å². The molecule has 0 saturated carbocycles. The van der Waals surface area contributed by atoms with E-state index in [4.69, 9.17) is 8.97 Å². The summed E-state index contributed by atoms with van der Waals surface area (Å²) in [5.41, 5.74) is 0.497. The first kappa shape index (κ1) is 15.4. The normalized spacial score (nSPS) is 12.0. The fourth-order valence-corrected chi connectivity index (χ4v) is 3.05. The van der Waals surface area contributed by atoms with Crippen LogP contribution in [0.3, 0.4) is 0 Å². The summed E-state index contributed by atoms with van der Waals surface area (Å²) in [7, 11) is -4.34. The molecule has 2 aromatic heterocycles. The second-order valence-corrected chi connectivity index (χ2v) is 6.83. The second kappa shape index (κ2) is 5.16. The van der Waals surface area contributed by atoms with Crippen LogP contribution in [0.2, 0.25) is 0 Å². The highest BCUT2D eigenvalue weighted by Crippen LogP contribution is 2.25. The van der Waals surface area contributed by atoms with Gasteiger partial charge in [0.15, 0.2) is 0 Å². The molecule has 0 amide bonds. The van der Waals surface area contributed by atoms with Crippen molar-refractivity contribution >= 4 is 32.1 Å². The first-order valence-corrected chi connectivity index (χ1v) is 8.50. The molecule has 0 aliphatic carbocycles. The largest absolute Gasteiger partial charge is 0.508 e. The number of hydrogen-bond acceptors (Lipinski definition) is 6. The van der Waals surface area contributed by atoms with Crippen molar-refractivity contribution in [1.82, 2.24) is 9.97 Å². The molecule has 0 aliphatic rings. The third-order valence-electron chi connectivity index (χ3n) is 3.73. The summed E-state index contributed by atoms with van der Waals surface area (Å²) in [5, 5.41) is 10.0. The Morgan fingerprint density at radius 2 is 1.88 bits per heavy atom. The highest BCUT2D eigenvalue weighted by molar-refractivity contribution is 7.85. The molecule has 0 bridgehead atoms. The average Bonchev–Trinajstić information content (AvgIpc) is 2.96. The number of rotatable bonds is 2. The van der Waals surface area contributed by atoms with E-state index in [2.05, 4.69) is 9.97 Å². The van der Waals surface area contributed by atoms with E-state index in [0.29, 0.717) is 16.4 Å². The number of aromatic amines is 1. The minimum absolute atomic E-state index is 0.0233. The minimum Gasteiger partial charge on any atom is -0.508 e. The van der Waals surface area contributed by atoms with Crippen molar-refractivity contribution in [2.45, 2.75) is 4.90 Å². The summed E-state index contributed by atoms with van der Waals surface area (Å²) in [6.07, 6.45) is 0. The summed E-state index contributed by atoms with van der Waals surface area (Å²) in [6, 6.07) is 9.80. The monoisotopic (exact) mass is 358 g/mol. The number of imidazole rings is 1. The van der Waals surface area contributed by atoms with E-state index in [0.717, 1.165) is 0 Å². The molecular formula is C16H10N2O6S. The van der Waals surface area contributed by atoms with Gasteiger partial charge in [0.1, 0.15) is 22.7 Å². The van der Waals surface area contributed by atoms with E-state index < -0.39 is 15.7 Å². The Morgan fingerprint density at radius 1 is 1.08 bits per heavy atom. The number of phenols is 1. The molecule has 0 aliphatic heterocycles. The highest BCUT2D eigenvalue weighted by Gasteiger charge is 2.15. The summed E-state index contributed by atoms with van der Waals surface area (Å²) in [4.78, 5) is 19.0. The standard InChI is InChI=1S/C16H10N2O6S/c19-9-2-1-8-5-11(16(20)24-14(8)6-9)15-17-12-4-3-10(25(21,22)23)7-13(12)18-15/h1-7,19H,(H,17,18)(H,21,22,23). The molecule has 0 unspecified atom stereocenters. The van der Waals surface area contributed by atoms with Crippen LogP contribution in [-0.2, 0) is 10.1 Å². The van der Waals surface area contributed by atoms with Crippen LogP contribution in [0.15, 0.2) is 56.6 Å². The topological polar surface area (TPSA) is 133 Å². The minimum atomic E-state index is -4.34. The van der Waals surface area contributed by atoms with Crippen molar-refractivity contribution in [2.75, 3.05) is 0 Å². The van der Waals surface area contributed by atoms with Gasteiger partial charge in [-0.25, -0.2) is 9.78 Å². The predicted molar refractivity (Wildman–Crippen MR) is 89.1 cm³/mol. The first-order chi connectivity index (χ1) is 11.8. The molecule has 2 heterocycles. The second-order valence-electron chi connectivity index (χ2n) is 5.41. The molecule has 0 radical (unpaired) electrons. The van der Waals surface area contributed by atoms with Crippen molar-refractivity contribution in [3.63, 3.8) is 0 Å². The van der Waals surface area contributed by atoms with Crippen LogP contribution in [0, 0.1) is 0 Å². The molecule has 3 N–H and O–H groups in total. The SMILES string of the molecule is O=c1oc2cc(O)ccc2cc1-c1nc2ccc(S(=O)(=O)O)cc2[nH]1. The first-order valence-electron chi connectivity index (χ1n) is 7.06. The summed E-state index contributed by atoms with van der Waals surface area (Å²) in [6.45, 7) is 0. The molecule has 0 atom stereocenters. The lowest BCUT2D eigenvalue weighted by Gasteiger charge is -2.00. The summed E-state index contributed by atoms with van der Waals surface area (Å²) < 4.78 is 36.7. The highest BCUT2D eigenvalue weighted by atomic mass is 32.2. The molecule has 4 aromatic rings. The van der Waals surface area contributed by atoms with E-state index in [1.807, 2.05) is 0 Å². The average molecular weight is 358 g/mol. The molecule has 9 heteroatoms. The van der Waals surface area contributed by atoms with E-state index in [-0.39, 0.29) is 27.6 Å². The zero-order valence-electron chi connectivity index (χ0n) is 12.4. The van der Waals surface area contributed by atoms with Crippen molar-refractivity contribution in [3.8, 4) is 17.1 Å².